The van der Waals surface area contributed by atoms with Crippen LogP contribution in [-0.4, -0.2) is 46.9 Å². The Morgan fingerprint density at radius 1 is 1.06 bits per heavy atom. The third kappa shape index (κ3) is 5.26. The topological polar surface area (TPSA) is 71.0 Å². The van der Waals surface area contributed by atoms with Crippen molar-refractivity contribution in [2.75, 3.05) is 11.9 Å². The summed E-state index contributed by atoms with van der Waals surface area (Å²) in [6, 6.07) is 12.4. The van der Waals surface area contributed by atoms with Gasteiger partial charge in [-0.05, 0) is 68.1 Å². The quantitative estimate of drug-likeness (QED) is 0.646. The van der Waals surface area contributed by atoms with Gasteiger partial charge in [-0.2, -0.15) is 0 Å². The lowest BCUT2D eigenvalue weighted by atomic mass is 10.1. The fourth-order valence-corrected chi connectivity index (χ4v) is 4.70. The van der Waals surface area contributed by atoms with Crippen LogP contribution in [0.5, 0.6) is 11.5 Å². The number of nitrogens with zero attached hydrogens (tertiary/aromatic N) is 1. The summed E-state index contributed by atoms with van der Waals surface area (Å²) in [6.45, 7) is 2.30. The summed E-state index contributed by atoms with van der Waals surface area (Å²) >= 11 is 12.0. The van der Waals surface area contributed by atoms with Gasteiger partial charge in [0.2, 0.25) is 5.91 Å². The molecule has 1 saturated heterocycles. The molecule has 0 radical (unpaired) electrons. The van der Waals surface area contributed by atoms with Gasteiger partial charge in [-0.25, -0.2) is 0 Å². The minimum Gasteiger partial charge on any atom is -0.485 e. The molecule has 2 N–H and O–H groups in total. The number of hydrogen-bond donors (Lipinski definition) is 2. The van der Waals surface area contributed by atoms with Crippen LogP contribution in [0.15, 0.2) is 42.5 Å². The molecule has 0 bridgehead atoms. The molecule has 2 aromatic carbocycles. The van der Waals surface area contributed by atoms with Gasteiger partial charge >= 0.3 is 0 Å². The highest BCUT2D eigenvalue weighted by Gasteiger charge is 2.44. The van der Waals surface area contributed by atoms with Crippen molar-refractivity contribution in [2.45, 2.75) is 57.1 Å². The Morgan fingerprint density at radius 3 is 2.55 bits per heavy atom. The fraction of sp³-hybridized carbons (Fsp3) is 0.435. The maximum Gasteiger partial charge on any atom is 0.221 e. The Bertz CT molecular complexity index is 924. The number of benzene rings is 2. The smallest absolute Gasteiger partial charge is 0.221 e. The van der Waals surface area contributed by atoms with Gasteiger partial charge in [-0.1, -0.05) is 23.2 Å². The zero-order valence-electron chi connectivity index (χ0n) is 17.3. The molecule has 31 heavy (non-hydrogen) atoms. The van der Waals surface area contributed by atoms with Gasteiger partial charge in [0.25, 0.3) is 0 Å². The van der Waals surface area contributed by atoms with E-state index in [1.54, 1.807) is 18.2 Å². The molecule has 1 unspecified atom stereocenters. The molecule has 1 heterocycles. The molecule has 2 aliphatic rings. The van der Waals surface area contributed by atoms with Crippen molar-refractivity contribution >= 4 is 34.8 Å². The number of nitrogens with one attached hydrogen (secondary N) is 1. The van der Waals surface area contributed by atoms with Crippen LogP contribution in [0, 0.1) is 0 Å². The number of ether oxygens (including phenoxy) is 2. The van der Waals surface area contributed by atoms with Crippen molar-refractivity contribution in [3.8, 4) is 11.5 Å². The normalized spacial score (nSPS) is 26.1. The van der Waals surface area contributed by atoms with E-state index in [-0.39, 0.29) is 24.3 Å². The largest absolute Gasteiger partial charge is 0.485 e. The number of aliphatic hydroxyl groups excluding tert-OH is 1. The van der Waals surface area contributed by atoms with Crippen molar-refractivity contribution in [3.63, 3.8) is 0 Å². The number of hydrogen-bond acceptors (Lipinski definition) is 5. The van der Waals surface area contributed by atoms with Crippen molar-refractivity contribution in [2.24, 2.45) is 0 Å². The molecule has 4 rings (SSSR count). The van der Waals surface area contributed by atoms with Gasteiger partial charge in [0.15, 0.2) is 6.23 Å². The van der Waals surface area contributed by atoms with Gasteiger partial charge in [0.1, 0.15) is 23.7 Å². The molecule has 1 aliphatic carbocycles. The highest BCUT2D eigenvalue weighted by atomic mass is 35.5. The third-order valence-corrected chi connectivity index (χ3v) is 6.29. The van der Waals surface area contributed by atoms with Gasteiger partial charge in [-0.15, -0.1) is 0 Å². The van der Waals surface area contributed by atoms with Crippen LogP contribution < -0.4 is 14.8 Å². The first-order valence-electron chi connectivity index (χ1n) is 10.5. The Morgan fingerprint density at radius 2 is 1.81 bits per heavy atom. The van der Waals surface area contributed by atoms with Gasteiger partial charge in [0, 0.05) is 29.6 Å². The van der Waals surface area contributed by atoms with Gasteiger partial charge in [0.05, 0.1) is 5.69 Å². The number of carbonyl (C=O) groups is 1. The predicted molar refractivity (Wildman–Crippen MR) is 121 cm³/mol. The number of anilines is 1. The highest BCUT2D eigenvalue weighted by Crippen LogP contribution is 2.36. The lowest BCUT2D eigenvalue weighted by molar-refractivity contribution is -0.114. The molecule has 2 aromatic rings. The number of amides is 1. The van der Waals surface area contributed by atoms with Crippen molar-refractivity contribution < 1.29 is 19.4 Å². The van der Waals surface area contributed by atoms with Crippen LogP contribution in [-0.2, 0) is 4.79 Å². The first kappa shape index (κ1) is 22.2. The summed E-state index contributed by atoms with van der Waals surface area (Å²) in [7, 11) is 0. The number of carbonyl (C=O) groups excluding carboxylic acids is 1. The second-order valence-electron chi connectivity index (χ2n) is 8.02. The van der Waals surface area contributed by atoms with E-state index in [0.29, 0.717) is 27.9 Å². The SMILES string of the molecule is CC(=O)Nc1cc(Cl)ccc1O[C@@H]1CC[C@@H](N2CCCC2Oc2ccc(Cl)cc2)[C@@H]1O. The van der Waals surface area contributed by atoms with E-state index in [0.717, 1.165) is 31.6 Å². The molecule has 1 saturated carbocycles. The molecule has 6 nitrogen and oxygen atoms in total. The van der Waals surface area contributed by atoms with Crippen molar-refractivity contribution in [1.82, 2.24) is 4.90 Å². The Balaban J connectivity index is 1.43. The number of likely N-dealkylation sites (tertiary alicyclic amines) is 1. The van der Waals surface area contributed by atoms with E-state index in [1.165, 1.54) is 6.92 Å². The van der Waals surface area contributed by atoms with Gasteiger partial charge in [-0.3, -0.25) is 9.69 Å². The summed E-state index contributed by atoms with van der Waals surface area (Å²) in [5.41, 5.74) is 0.501. The summed E-state index contributed by atoms with van der Waals surface area (Å²) < 4.78 is 12.3. The molecular formula is C23H26Cl2N2O4. The average Bonchev–Trinajstić information content (AvgIpc) is 3.32. The number of halogens is 2. The Kier molecular flexibility index (Phi) is 6.92. The third-order valence-electron chi connectivity index (χ3n) is 5.80. The number of aliphatic hydroxyl groups is 1. The summed E-state index contributed by atoms with van der Waals surface area (Å²) in [5, 5.41) is 15.0. The van der Waals surface area contributed by atoms with E-state index in [9.17, 15) is 9.90 Å². The number of rotatable bonds is 6. The zero-order valence-corrected chi connectivity index (χ0v) is 18.8. The van der Waals surface area contributed by atoms with Crippen molar-refractivity contribution in [3.05, 3.63) is 52.5 Å². The molecule has 2 fully saturated rings. The Hall–Kier alpha value is -1.99. The summed E-state index contributed by atoms with van der Waals surface area (Å²) in [5.74, 6) is 1.05. The summed E-state index contributed by atoms with van der Waals surface area (Å²) in [6.07, 6.45) is 2.28. The Labute approximate surface area is 192 Å². The van der Waals surface area contributed by atoms with Gasteiger partial charge < -0.3 is 19.9 Å². The molecule has 1 aliphatic heterocycles. The zero-order chi connectivity index (χ0) is 22.0. The van der Waals surface area contributed by atoms with Crippen molar-refractivity contribution in [1.29, 1.82) is 0 Å². The van der Waals surface area contributed by atoms with E-state index < -0.39 is 6.10 Å². The predicted octanol–water partition coefficient (Wildman–Crippen LogP) is 4.72. The molecule has 1 amide bonds. The lowest BCUT2D eigenvalue weighted by Gasteiger charge is -2.33. The van der Waals surface area contributed by atoms with E-state index in [1.807, 2.05) is 24.3 Å². The second-order valence-corrected chi connectivity index (χ2v) is 8.89. The molecule has 8 heteroatoms. The van der Waals surface area contributed by atoms with Crippen LogP contribution in [0.3, 0.4) is 0 Å². The fourth-order valence-electron chi connectivity index (χ4n) is 4.40. The minimum atomic E-state index is -0.671. The maximum absolute atomic E-state index is 11.5. The molecule has 166 valence electrons. The van der Waals surface area contributed by atoms with E-state index in [2.05, 4.69) is 10.2 Å². The van der Waals surface area contributed by atoms with E-state index in [4.69, 9.17) is 32.7 Å². The average molecular weight is 465 g/mol. The first-order chi connectivity index (χ1) is 14.9. The standard InChI is InChI=1S/C23H26Cl2N2O4/c1-14(28)26-18-13-16(25)6-10-20(18)31-21-11-9-19(23(21)29)27-12-2-3-22(27)30-17-7-4-15(24)5-8-17/h4-8,10,13,19,21-23,29H,2-3,9,11-12H2,1H3,(H,26,28)/t19-,21-,22?,23+/m1/s1. The van der Waals surface area contributed by atoms with Crippen LogP contribution in [0.25, 0.3) is 0 Å². The van der Waals surface area contributed by atoms with Crippen LogP contribution >= 0.6 is 23.2 Å². The first-order valence-corrected chi connectivity index (χ1v) is 11.3. The van der Waals surface area contributed by atoms with Crippen LogP contribution in [0.2, 0.25) is 10.0 Å². The minimum absolute atomic E-state index is 0.0543. The molecular weight excluding hydrogens is 439 g/mol. The molecule has 4 atom stereocenters. The lowest BCUT2D eigenvalue weighted by Crippen LogP contribution is -2.48. The van der Waals surface area contributed by atoms with E-state index >= 15 is 0 Å². The molecule has 0 spiro atoms. The second kappa shape index (κ2) is 9.65. The summed E-state index contributed by atoms with van der Waals surface area (Å²) in [4.78, 5) is 13.8. The van der Waals surface area contributed by atoms with Crippen LogP contribution in [0.4, 0.5) is 5.69 Å². The molecule has 0 aromatic heterocycles. The monoisotopic (exact) mass is 464 g/mol. The maximum atomic E-state index is 11.5. The highest BCUT2D eigenvalue weighted by molar-refractivity contribution is 6.31. The van der Waals surface area contributed by atoms with Crippen LogP contribution in [0.1, 0.15) is 32.6 Å².